The molecule has 0 aliphatic rings. The van der Waals surface area contributed by atoms with Gasteiger partial charge in [0.15, 0.2) is 0 Å². The molecule has 0 atom stereocenters. The highest BCUT2D eigenvalue weighted by Crippen LogP contribution is 2.25. The summed E-state index contributed by atoms with van der Waals surface area (Å²) in [7, 11) is 0. The van der Waals surface area contributed by atoms with Crippen molar-refractivity contribution in [2.24, 2.45) is 0 Å². The lowest BCUT2D eigenvalue weighted by Gasteiger charge is -2.07. The van der Waals surface area contributed by atoms with Crippen LogP contribution in [0.1, 0.15) is 27.2 Å². The number of nitrogens with one attached hydrogen (secondary N) is 1. The van der Waals surface area contributed by atoms with E-state index in [1.807, 2.05) is 54.6 Å². The van der Waals surface area contributed by atoms with Crippen molar-refractivity contribution in [1.29, 1.82) is 0 Å². The standard InChI is InChI=1S/C21H19N5O2/c1-15-19(20(25-28-15)18-5-3-2-4-6-18)21(27)23-11-16-7-9-17(10-8-16)12-26-14-22-13-24-26/h2-10,13-14H,11-12H2,1H3,(H,23,27). The fourth-order valence-corrected chi connectivity index (χ4v) is 2.97. The van der Waals surface area contributed by atoms with E-state index in [4.69, 9.17) is 4.52 Å². The third kappa shape index (κ3) is 3.83. The normalized spacial score (nSPS) is 10.8. The second-order valence-corrected chi connectivity index (χ2v) is 6.42. The van der Waals surface area contributed by atoms with Gasteiger partial charge in [-0.1, -0.05) is 59.8 Å². The Bertz CT molecular complexity index is 1050. The average Bonchev–Trinajstić information content (AvgIpc) is 3.37. The molecular formula is C21H19N5O2. The molecule has 2 aromatic heterocycles. The van der Waals surface area contributed by atoms with Gasteiger partial charge >= 0.3 is 0 Å². The van der Waals surface area contributed by atoms with Crippen molar-refractivity contribution in [3.05, 3.63) is 89.7 Å². The van der Waals surface area contributed by atoms with E-state index in [0.29, 0.717) is 30.1 Å². The molecule has 4 rings (SSSR count). The largest absolute Gasteiger partial charge is 0.360 e. The van der Waals surface area contributed by atoms with Crippen LogP contribution in [-0.2, 0) is 13.1 Å². The van der Waals surface area contributed by atoms with Crippen molar-refractivity contribution < 1.29 is 9.32 Å². The molecule has 140 valence electrons. The molecule has 2 heterocycles. The van der Waals surface area contributed by atoms with Crippen LogP contribution in [0.4, 0.5) is 0 Å². The van der Waals surface area contributed by atoms with Gasteiger partial charge in [0.25, 0.3) is 5.91 Å². The number of nitrogens with zero attached hydrogens (tertiary/aromatic N) is 4. The first kappa shape index (κ1) is 17.7. The second kappa shape index (κ2) is 7.87. The maximum atomic E-state index is 12.7. The number of rotatable bonds is 6. The van der Waals surface area contributed by atoms with Crippen molar-refractivity contribution in [3.63, 3.8) is 0 Å². The van der Waals surface area contributed by atoms with Crippen LogP contribution < -0.4 is 5.32 Å². The van der Waals surface area contributed by atoms with Crippen molar-refractivity contribution in [1.82, 2.24) is 25.2 Å². The smallest absolute Gasteiger partial charge is 0.257 e. The van der Waals surface area contributed by atoms with E-state index < -0.39 is 0 Å². The summed E-state index contributed by atoms with van der Waals surface area (Å²) in [4.78, 5) is 16.7. The van der Waals surface area contributed by atoms with Crippen LogP contribution in [0, 0.1) is 6.92 Å². The number of aryl methyl sites for hydroxylation is 1. The van der Waals surface area contributed by atoms with Crippen molar-refractivity contribution in [3.8, 4) is 11.3 Å². The van der Waals surface area contributed by atoms with E-state index in [9.17, 15) is 4.79 Å². The molecule has 28 heavy (non-hydrogen) atoms. The minimum absolute atomic E-state index is 0.204. The van der Waals surface area contributed by atoms with Gasteiger partial charge < -0.3 is 9.84 Å². The zero-order chi connectivity index (χ0) is 19.3. The fraction of sp³-hybridized carbons (Fsp3) is 0.143. The molecular weight excluding hydrogens is 354 g/mol. The van der Waals surface area contributed by atoms with Crippen LogP contribution >= 0.6 is 0 Å². The molecule has 0 fully saturated rings. The molecule has 0 bridgehead atoms. The summed E-state index contributed by atoms with van der Waals surface area (Å²) in [6.07, 6.45) is 3.19. The zero-order valence-electron chi connectivity index (χ0n) is 15.4. The number of hydrogen-bond acceptors (Lipinski definition) is 5. The molecule has 7 heteroatoms. The third-order valence-corrected chi connectivity index (χ3v) is 4.42. The number of carbonyl (C=O) groups is 1. The van der Waals surface area contributed by atoms with Crippen LogP contribution in [0.5, 0.6) is 0 Å². The Hall–Kier alpha value is -3.74. The first-order chi connectivity index (χ1) is 13.7. The van der Waals surface area contributed by atoms with Gasteiger partial charge in [0.2, 0.25) is 0 Å². The number of benzene rings is 2. The Balaban J connectivity index is 1.43. The number of hydrogen-bond donors (Lipinski definition) is 1. The van der Waals surface area contributed by atoms with Crippen molar-refractivity contribution in [2.45, 2.75) is 20.0 Å². The molecule has 0 spiro atoms. The fourth-order valence-electron chi connectivity index (χ4n) is 2.97. The number of aromatic nitrogens is 4. The van der Waals surface area contributed by atoms with E-state index in [-0.39, 0.29) is 5.91 Å². The summed E-state index contributed by atoms with van der Waals surface area (Å²) in [5.74, 6) is 0.295. The van der Waals surface area contributed by atoms with Crippen LogP contribution in [0.2, 0.25) is 0 Å². The maximum Gasteiger partial charge on any atom is 0.257 e. The summed E-state index contributed by atoms with van der Waals surface area (Å²) in [5.41, 5.74) is 3.99. The van der Waals surface area contributed by atoms with E-state index in [1.54, 1.807) is 17.9 Å². The molecule has 0 radical (unpaired) electrons. The summed E-state index contributed by atoms with van der Waals surface area (Å²) >= 11 is 0. The summed E-state index contributed by atoms with van der Waals surface area (Å²) < 4.78 is 7.03. The lowest BCUT2D eigenvalue weighted by molar-refractivity contribution is 0.0950. The molecule has 0 saturated heterocycles. The third-order valence-electron chi connectivity index (χ3n) is 4.42. The van der Waals surface area contributed by atoms with E-state index in [2.05, 4.69) is 20.6 Å². The Labute approximate surface area is 162 Å². The lowest BCUT2D eigenvalue weighted by Crippen LogP contribution is -2.23. The Kier molecular flexibility index (Phi) is 4.97. The topological polar surface area (TPSA) is 85.8 Å². The van der Waals surface area contributed by atoms with E-state index in [0.717, 1.165) is 16.7 Å². The number of carbonyl (C=O) groups excluding carboxylic acids is 1. The highest BCUT2D eigenvalue weighted by molar-refractivity contribution is 6.00. The molecule has 1 N–H and O–H groups in total. The molecule has 2 aromatic carbocycles. The first-order valence-corrected chi connectivity index (χ1v) is 8.91. The summed E-state index contributed by atoms with van der Waals surface area (Å²) in [6.45, 7) is 2.82. The van der Waals surface area contributed by atoms with Crippen LogP contribution in [0.25, 0.3) is 11.3 Å². The molecule has 0 aliphatic heterocycles. The van der Waals surface area contributed by atoms with Gasteiger partial charge in [-0.05, 0) is 18.1 Å². The van der Waals surface area contributed by atoms with Gasteiger partial charge in [0.05, 0.1) is 6.54 Å². The van der Waals surface area contributed by atoms with Gasteiger partial charge in [0, 0.05) is 12.1 Å². The first-order valence-electron chi connectivity index (χ1n) is 8.91. The second-order valence-electron chi connectivity index (χ2n) is 6.42. The Morgan fingerprint density at radius 1 is 1.07 bits per heavy atom. The molecule has 0 aliphatic carbocycles. The molecule has 0 saturated carbocycles. The van der Waals surface area contributed by atoms with Gasteiger partial charge in [-0.15, -0.1) is 0 Å². The SMILES string of the molecule is Cc1onc(-c2ccccc2)c1C(=O)NCc1ccc(Cn2cncn2)cc1. The van der Waals surface area contributed by atoms with Crippen molar-refractivity contribution in [2.75, 3.05) is 0 Å². The Morgan fingerprint density at radius 3 is 2.54 bits per heavy atom. The monoisotopic (exact) mass is 373 g/mol. The minimum atomic E-state index is -0.204. The molecule has 7 nitrogen and oxygen atoms in total. The highest BCUT2D eigenvalue weighted by atomic mass is 16.5. The van der Waals surface area contributed by atoms with Gasteiger partial charge in [0.1, 0.15) is 29.7 Å². The van der Waals surface area contributed by atoms with Crippen LogP contribution in [-0.4, -0.2) is 25.8 Å². The molecule has 4 aromatic rings. The minimum Gasteiger partial charge on any atom is -0.360 e. The predicted molar refractivity (Wildman–Crippen MR) is 103 cm³/mol. The summed E-state index contributed by atoms with van der Waals surface area (Å²) in [6, 6.07) is 17.6. The highest BCUT2D eigenvalue weighted by Gasteiger charge is 2.21. The van der Waals surface area contributed by atoms with Crippen LogP contribution in [0.3, 0.4) is 0 Å². The van der Waals surface area contributed by atoms with Gasteiger partial charge in [-0.2, -0.15) is 5.10 Å². The predicted octanol–water partition coefficient (Wildman–Crippen LogP) is 3.22. The zero-order valence-corrected chi connectivity index (χ0v) is 15.4. The van der Waals surface area contributed by atoms with E-state index >= 15 is 0 Å². The van der Waals surface area contributed by atoms with Gasteiger partial charge in [-0.3, -0.25) is 4.79 Å². The maximum absolute atomic E-state index is 12.7. The molecule has 0 unspecified atom stereocenters. The van der Waals surface area contributed by atoms with Crippen molar-refractivity contribution >= 4 is 5.91 Å². The quantitative estimate of drug-likeness (QED) is 0.561. The lowest BCUT2D eigenvalue weighted by atomic mass is 10.1. The average molecular weight is 373 g/mol. The van der Waals surface area contributed by atoms with Gasteiger partial charge in [-0.25, -0.2) is 9.67 Å². The number of amides is 1. The summed E-state index contributed by atoms with van der Waals surface area (Å²) in [5, 5.41) is 11.1. The van der Waals surface area contributed by atoms with E-state index in [1.165, 1.54) is 6.33 Å². The molecule has 1 amide bonds. The van der Waals surface area contributed by atoms with Crippen LogP contribution in [0.15, 0.2) is 71.8 Å². The Morgan fingerprint density at radius 2 is 1.82 bits per heavy atom.